The highest BCUT2D eigenvalue weighted by molar-refractivity contribution is 5.76. The Balaban J connectivity index is 0.00000126. The number of aromatic nitrogens is 1. The maximum atomic E-state index is 11.2. The van der Waals surface area contributed by atoms with Gasteiger partial charge in [0.15, 0.2) is 6.29 Å². The van der Waals surface area contributed by atoms with E-state index in [9.17, 15) is 4.79 Å². The highest BCUT2D eigenvalue weighted by Crippen LogP contribution is 2.33. The van der Waals surface area contributed by atoms with Gasteiger partial charge in [-0.05, 0) is 69.7 Å². The molecule has 1 aromatic heterocycles. The largest absolute Gasteiger partial charge is 0.487 e. The van der Waals surface area contributed by atoms with E-state index in [0.717, 1.165) is 31.5 Å². The van der Waals surface area contributed by atoms with Crippen LogP contribution in [0.4, 0.5) is 0 Å². The summed E-state index contributed by atoms with van der Waals surface area (Å²) in [6, 6.07) is 4.18. The summed E-state index contributed by atoms with van der Waals surface area (Å²) in [5, 5.41) is 3.35. The molecule has 5 nitrogen and oxygen atoms in total. The van der Waals surface area contributed by atoms with Crippen molar-refractivity contribution >= 4 is 6.29 Å². The van der Waals surface area contributed by atoms with Crippen LogP contribution in [0.1, 0.15) is 69.6 Å². The van der Waals surface area contributed by atoms with Crippen molar-refractivity contribution < 1.29 is 9.53 Å². The quantitative estimate of drug-likeness (QED) is 0.741. The van der Waals surface area contributed by atoms with Crippen LogP contribution in [-0.4, -0.2) is 35.5 Å². The first kappa shape index (κ1) is 21.0. The summed E-state index contributed by atoms with van der Waals surface area (Å²) in [4.78, 5) is 17.9. The van der Waals surface area contributed by atoms with E-state index in [1.54, 1.807) is 0 Å². The summed E-state index contributed by atoms with van der Waals surface area (Å²) < 4.78 is 5.99. The number of carbonyl (C=O) groups excluding carboxylic acids is 1. The van der Waals surface area contributed by atoms with E-state index in [1.807, 2.05) is 32.9 Å². The lowest BCUT2D eigenvalue weighted by atomic mass is 9.89. The molecule has 0 aromatic carbocycles. The molecular weight excluding hydrogens is 338 g/mol. The molecule has 148 valence electrons. The summed E-state index contributed by atoms with van der Waals surface area (Å²) in [7, 11) is 0. The van der Waals surface area contributed by atoms with Gasteiger partial charge in [-0.1, -0.05) is 13.8 Å². The summed E-state index contributed by atoms with van der Waals surface area (Å²) in [5.41, 5.74) is 5.23. The molecule has 0 fully saturated rings. The van der Waals surface area contributed by atoms with Crippen molar-refractivity contribution in [1.29, 1.82) is 0 Å². The number of ether oxygens (including phenoxy) is 1. The standard InChI is InChI=1S/C20H27N3O2.C2H6/c1-14(2)23-13-21-10-19(23)17-7-5-4-6-16(17)12-25-20-9-8-15(3)22-18(20)11-24;1-2/h8-11,14,21H,4-7,12-13H2,1-3H3;1-2H3. The average Bonchev–Trinajstić information content (AvgIpc) is 3.18. The number of carbonyl (C=O) groups is 1. The van der Waals surface area contributed by atoms with Crippen molar-refractivity contribution in [3.05, 3.63) is 46.6 Å². The van der Waals surface area contributed by atoms with E-state index in [4.69, 9.17) is 4.74 Å². The number of allylic oxidation sites excluding steroid dienone is 1. The molecule has 0 unspecified atom stereocenters. The Bertz CT molecular complexity index is 708. The third-order valence-electron chi connectivity index (χ3n) is 4.86. The van der Waals surface area contributed by atoms with Crippen LogP contribution in [0.25, 0.3) is 0 Å². The van der Waals surface area contributed by atoms with Crippen LogP contribution in [0.5, 0.6) is 5.75 Å². The van der Waals surface area contributed by atoms with Crippen molar-refractivity contribution in [3.8, 4) is 5.75 Å². The van der Waals surface area contributed by atoms with Crippen LogP contribution in [0.2, 0.25) is 0 Å². The smallest absolute Gasteiger partial charge is 0.172 e. The Morgan fingerprint density at radius 2 is 2.00 bits per heavy atom. The van der Waals surface area contributed by atoms with E-state index in [2.05, 4.69) is 35.2 Å². The molecule has 27 heavy (non-hydrogen) atoms. The van der Waals surface area contributed by atoms with Crippen LogP contribution in [-0.2, 0) is 0 Å². The molecule has 1 N–H and O–H groups in total. The lowest BCUT2D eigenvalue weighted by Crippen LogP contribution is -2.31. The normalized spacial score (nSPS) is 16.5. The topological polar surface area (TPSA) is 54.5 Å². The Hall–Kier alpha value is -2.30. The summed E-state index contributed by atoms with van der Waals surface area (Å²) in [5.74, 6) is 0.567. The first-order chi connectivity index (χ1) is 13.1. The minimum atomic E-state index is 0.378. The Kier molecular flexibility index (Phi) is 7.89. The molecule has 0 bridgehead atoms. The molecule has 2 heterocycles. The first-order valence-corrected chi connectivity index (χ1v) is 10.1. The van der Waals surface area contributed by atoms with Crippen molar-refractivity contribution in [3.63, 3.8) is 0 Å². The molecule has 0 saturated heterocycles. The maximum Gasteiger partial charge on any atom is 0.172 e. The summed E-state index contributed by atoms with van der Waals surface area (Å²) in [6.07, 6.45) is 7.44. The van der Waals surface area contributed by atoms with Gasteiger partial charge in [0, 0.05) is 17.9 Å². The average molecular weight is 372 g/mol. The molecule has 0 amide bonds. The van der Waals surface area contributed by atoms with Crippen molar-refractivity contribution in [2.75, 3.05) is 13.3 Å². The summed E-state index contributed by atoms with van der Waals surface area (Å²) >= 11 is 0. The zero-order valence-electron chi connectivity index (χ0n) is 17.3. The van der Waals surface area contributed by atoms with E-state index >= 15 is 0 Å². The fourth-order valence-corrected chi connectivity index (χ4v) is 3.50. The number of aldehydes is 1. The molecule has 0 atom stereocenters. The van der Waals surface area contributed by atoms with Crippen molar-refractivity contribution in [1.82, 2.24) is 15.2 Å². The van der Waals surface area contributed by atoms with Gasteiger partial charge in [0.25, 0.3) is 0 Å². The second-order valence-electron chi connectivity index (χ2n) is 6.99. The molecule has 1 aromatic rings. The molecule has 2 aliphatic rings. The van der Waals surface area contributed by atoms with Gasteiger partial charge in [0.1, 0.15) is 18.1 Å². The Morgan fingerprint density at radius 3 is 2.70 bits per heavy atom. The van der Waals surface area contributed by atoms with Gasteiger partial charge in [-0.25, -0.2) is 4.98 Å². The molecule has 0 radical (unpaired) electrons. The third kappa shape index (κ3) is 5.12. The summed E-state index contributed by atoms with van der Waals surface area (Å²) in [6.45, 7) is 11.7. The number of aryl methyl sites for hydroxylation is 1. The lowest BCUT2D eigenvalue weighted by Gasteiger charge is -2.30. The van der Waals surface area contributed by atoms with Crippen LogP contribution < -0.4 is 10.1 Å². The Morgan fingerprint density at radius 1 is 1.26 bits per heavy atom. The molecule has 3 rings (SSSR count). The van der Waals surface area contributed by atoms with Gasteiger partial charge in [0.2, 0.25) is 0 Å². The molecule has 0 saturated carbocycles. The zero-order valence-corrected chi connectivity index (χ0v) is 17.3. The fraction of sp³-hybridized carbons (Fsp3) is 0.545. The monoisotopic (exact) mass is 371 g/mol. The predicted molar refractivity (Wildman–Crippen MR) is 110 cm³/mol. The van der Waals surface area contributed by atoms with Crippen LogP contribution in [0, 0.1) is 6.92 Å². The highest BCUT2D eigenvalue weighted by Gasteiger charge is 2.25. The van der Waals surface area contributed by atoms with Crippen LogP contribution in [0.3, 0.4) is 0 Å². The molecule has 5 heteroatoms. The van der Waals surface area contributed by atoms with E-state index in [1.165, 1.54) is 29.7 Å². The number of pyridine rings is 1. The second kappa shape index (κ2) is 10.1. The number of nitrogens with one attached hydrogen (secondary N) is 1. The number of rotatable bonds is 6. The van der Waals surface area contributed by atoms with Gasteiger partial charge >= 0.3 is 0 Å². The Labute approximate surface area is 163 Å². The SMILES string of the molecule is CC.Cc1ccc(OCC2=C(C3=CNCN3C(C)C)CCCC2)c(C=O)n1. The van der Waals surface area contributed by atoms with Gasteiger partial charge in [-0.15, -0.1) is 0 Å². The van der Waals surface area contributed by atoms with Gasteiger partial charge in [-0.3, -0.25) is 4.79 Å². The first-order valence-electron chi connectivity index (χ1n) is 10.1. The van der Waals surface area contributed by atoms with Gasteiger partial charge in [-0.2, -0.15) is 0 Å². The fourth-order valence-electron chi connectivity index (χ4n) is 3.50. The van der Waals surface area contributed by atoms with Crippen LogP contribution >= 0.6 is 0 Å². The zero-order chi connectivity index (χ0) is 19.8. The van der Waals surface area contributed by atoms with Gasteiger partial charge in [0.05, 0.1) is 12.4 Å². The third-order valence-corrected chi connectivity index (χ3v) is 4.86. The maximum absolute atomic E-state index is 11.2. The van der Waals surface area contributed by atoms with E-state index < -0.39 is 0 Å². The van der Waals surface area contributed by atoms with Crippen molar-refractivity contribution in [2.45, 2.75) is 66.3 Å². The molecule has 1 aliphatic heterocycles. The van der Waals surface area contributed by atoms with Gasteiger partial charge < -0.3 is 15.0 Å². The molecule has 1 aliphatic carbocycles. The molecule has 0 spiro atoms. The molecular formula is C22H33N3O2. The van der Waals surface area contributed by atoms with Crippen molar-refractivity contribution in [2.24, 2.45) is 0 Å². The highest BCUT2D eigenvalue weighted by atomic mass is 16.5. The van der Waals surface area contributed by atoms with Crippen LogP contribution in [0.15, 0.2) is 35.2 Å². The number of hydrogen-bond acceptors (Lipinski definition) is 5. The van der Waals surface area contributed by atoms with E-state index in [0.29, 0.717) is 24.1 Å². The lowest BCUT2D eigenvalue weighted by molar-refractivity contribution is 0.111. The second-order valence-corrected chi connectivity index (χ2v) is 6.99. The minimum absolute atomic E-state index is 0.378. The predicted octanol–water partition coefficient (Wildman–Crippen LogP) is 4.59. The number of nitrogens with zero attached hydrogens (tertiary/aromatic N) is 2. The van der Waals surface area contributed by atoms with E-state index in [-0.39, 0.29) is 0 Å². The number of hydrogen-bond donors (Lipinski definition) is 1. The minimum Gasteiger partial charge on any atom is -0.487 e.